The number of fused-ring (bicyclic) bond motifs is 2. The summed E-state index contributed by atoms with van der Waals surface area (Å²) >= 11 is 6.11. The van der Waals surface area contributed by atoms with Crippen molar-refractivity contribution in [3.8, 4) is 5.75 Å². The summed E-state index contributed by atoms with van der Waals surface area (Å²) in [4.78, 5) is 16.9. The van der Waals surface area contributed by atoms with Crippen molar-refractivity contribution < 1.29 is 9.53 Å². The number of rotatable bonds is 4. The lowest BCUT2D eigenvalue weighted by atomic mass is 10.2. The zero-order valence-corrected chi connectivity index (χ0v) is 13.9. The quantitative estimate of drug-likeness (QED) is 0.799. The highest BCUT2D eigenvalue weighted by Crippen LogP contribution is 2.41. The maximum absolute atomic E-state index is 12.8. The van der Waals surface area contributed by atoms with Gasteiger partial charge in [-0.15, -0.1) is 0 Å². The average molecular weight is 321 g/mol. The summed E-state index contributed by atoms with van der Waals surface area (Å²) in [5.74, 6) is 0.849. The first-order valence-electron chi connectivity index (χ1n) is 7.57. The summed E-state index contributed by atoms with van der Waals surface area (Å²) in [5, 5.41) is 0.619. The fourth-order valence-corrected chi connectivity index (χ4v) is 3.58. The van der Waals surface area contributed by atoms with Crippen molar-refractivity contribution in [3.05, 3.63) is 34.9 Å². The van der Waals surface area contributed by atoms with E-state index in [0.717, 1.165) is 25.2 Å². The Morgan fingerprint density at radius 2 is 2.27 bits per heavy atom. The van der Waals surface area contributed by atoms with Crippen LogP contribution in [0.15, 0.2) is 29.8 Å². The summed E-state index contributed by atoms with van der Waals surface area (Å²) in [6, 6.07) is 5.60. The van der Waals surface area contributed by atoms with Crippen molar-refractivity contribution in [2.75, 3.05) is 25.1 Å². The van der Waals surface area contributed by atoms with E-state index in [1.165, 1.54) is 5.57 Å². The number of carbonyl (C=O) groups is 1. The van der Waals surface area contributed by atoms with Gasteiger partial charge in [0.25, 0.3) is 0 Å². The number of anilines is 1. The Morgan fingerprint density at radius 3 is 2.91 bits per heavy atom. The molecule has 2 saturated heterocycles. The molecule has 3 rings (SSSR count). The normalized spacial score (nSPS) is 25.2. The van der Waals surface area contributed by atoms with E-state index in [1.807, 2.05) is 24.0 Å². The third-order valence-electron chi connectivity index (χ3n) is 4.61. The molecule has 4 nitrogen and oxygen atoms in total. The number of benzene rings is 1. The molecule has 1 amide bonds. The van der Waals surface area contributed by atoms with Crippen molar-refractivity contribution in [1.29, 1.82) is 0 Å². The van der Waals surface area contributed by atoms with E-state index in [9.17, 15) is 4.79 Å². The molecule has 2 bridgehead atoms. The Morgan fingerprint density at radius 1 is 1.50 bits per heavy atom. The molecule has 2 fully saturated rings. The summed E-state index contributed by atoms with van der Waals surface area (Å²) in [7, 11) is 1.62. The molecule has 0 aliphatic carbocycles. The van der Waals surface area contributed by atoms with Gasteiger partial charge in [0.05, 0.1) is 24.9 Å². The SMILES string of the molecule is CC=C(C)CN1C[C@@H]2C[C@H]1C(=O)N2c1cc(Cl)ccc1OC. The van der Waals surface area contributed by atoms with Gasteiger partial charge in [0, 0.05) is 18.1 Å². The smallest absolute Gasteiger partial charge is 0.244 e. The first kappa shape index (κ1) is 15.4. The van der Waals surface area contributed by atoms with E-state index >= 15 is 0 Å². The van der Waals surface area contributed by atoms with Gasteiger partial charge in [0.1, 0.15) is 5.75 Å². The van der Waals surface area contributed by atoms with E-state index in [-0.39, 0.29) is 18.0 Å². The second kappa shape index (κ2) is 5.94. The van der Waals surface area contributed by atoms with Gasteiger partial charge in [-0.2, -0.15) is 0 Å². The molecule has 2 atom stereocenters. The van der Waals surface area contributed by atoms with Crippen molar-refractivity contribution in [1.82, 2.24) is 4.90 Å². The summed E-state index contributed by atoms with van der Waals surface area (Å²) < 4.78 is 5.40. The van der Waals surface area contributed by atoms with Crippen LogP contribution in [0.5, 0.6) is 5.75 Å². The third-order valence-corrected chi connectivity index (χ3v) is 4.85. The topological polar surface area (TPSA) is 32.8 Å². The van der Waals surface area contributed by atoms with E-state index in [4.69, 9.17) is 16.3 Å². The zero-order valence-electron chi connectivity index (χ0n) is 13.2. The average Bonchev–Trinajstić information content (AvgIpc) is 3.04. The number of methoxy groups -OCH3 is 1. The van der Waals surface area contributed by atoms with Crippen LogP contribution in [-0.2, 0) is 4.79 Å². The fourth-order valence-electron chi connectivity index (χ4n) is 3.42. The fraction of sp³-hybridized carbons (Fsp3) is 0.471. The Bertz CT molecular complexity index is 629. The lowest BCUT2D eigenvalue weighted by Crippen LogP contribution is -2.51. The van der Waals surface area contributed by atoms with Crippen LogP contribution in [0.1, 0.15) is 20.3 Å². The summed E-state index contributed by atoms with van der Waals surface area (Å²) in [6.45, 7) is 5.91. The Labute approximate surface area is 136 Å². The summed E-state index contributed by atoms with van der Waals surface area (Å²) in [6.07, 6.45) is 2.99. The molecule has 0 spiro atoms. The van der Waals surface area contributed by atoms with Crippen LogP contribution in [0, 0.1) is 0 Å². The number of likely N-dealkylation sites (tertiary alicyclic amines) is 1. The number of piperazine rings is 1. The molecule has 5 heteroatoms. The monoisotopic (exact) mass is 320 g/mol. The van der Waals surface area contributed by atoms with Crippen LogP contribution in [0.4, 0.5) is 5.69 Å². The Kier molecular flexibility index (Phi) is 4.15. The van der Waals surface area contributed by atoms with Gasteiger partial charge in [-0.3, -0.25) is 9.69 Å². The molecule has 0 N–H and O–H groups in total. The summed E-state index contributed by atoms with van der Waals surface area (Å²) in [5.41, 5.74) is 2.09. The van der Waals surface area contributed by atoms with Gasteiger partial charge in [-0.1, -0.05) is 23.3 Å². The molecule has 0 radical (unpaired) electrons. The number of halogens is 1. The second-order valence-electron chi connectivity index (χ2n) is 5.99. The minimum atomic E-state index is -0.0245. The number of ether oxygens (including phenoxy) is 1. The van der Waals surface area contributed by atoms with Crippen LogP contribution in [0.3, 0.4) is 0 Å². The first-order valence-corrected chi connectivity index (χ1v) is 7.95. The lowest BCUT2D eigenvalue weighted by Gasteiger charge is -2.34. The van der Waals surface area contributed by atoms with Crippen LogP contribution in [0.25, 0.3) is 0 Å². The molecular weight excluding hydrogens is 300 g/mol. The van der Waals surface area contributed by atoms with E-state index < -0.39 is 0 Å². The molecule has 2 heterocycles. The maximum Gasteiger partial charge on any atom is 0.244 e. The molecule has 22 heavy (non-hydrogen) atoms. The minimum absolute atomic E-state index is 0.0245. The van der Waals surface area contributed by atoms with Crippen LogP contribution < -0.4 is 9.64 Å². The van der Waals surface area contributed by atoms with Gasteiger partial charge in [0.2, 0.25) is 5.91 Å². The van der Waals surface area contributed by atoms with Gasteiger partial charge >= 0.3 is 0 Å². The van der Waals surface area contributed by atoms with Crippen LogP contribution in [-0.4, -0.2) is 43.1 Å². The highest BCUT2D eigenvalue weighted by molar-refractivity contribution is 6.31. The van der Waals surface area contributed by atoms with Gasteiger partial charge < -0.3 is 9.64 Å². The highest BCUT2D eigenvalue weighted by Gasteiger charge is 2.50. The number of amides is 1. The zero-order chi connectivity index (χ0) is 15.9. The first-order chi connectivity index (χ1) is 10.5. The van der Waals surface area contributed by atoms with Gasteiger partial charge in [0.15, 0.2) is 0 Å². The molecule has 1 aromatic carbocycles. The maximum atomic E-state index is 12.8. The lowest BCUT2D eigenvalue weighted by molar-refractivity contribution is -0.122. The van der Waals surface area contributed by atoms with Crippen LogP contribution >= 0.6 is 11.6 Å². The second-order valence-corrected chi connectivity index (χ2v) is 6.43. The number of nitrogens with zero attached hydrogens (tertiary/aromatic N) is 2. The van der Waals surface area contributed by atoms with E-state index in [2.05, 4.69) is 17.9 Å². The third kappa shape index (κ3) is 2.50. The Hall–Kier alpha value is -1.52. The van der Waals surface area contributed by atoms with E-state index in [0.29, 0.717) is 10.8 Å². The van der Waals surface area contributed by atoms with Gasteiger partial charge in [-0.05, 0) is 38.5 Å². The number of allylic oxidation sites excluding steroid dienone is 1. The number of carbonyl (C=O) groups excluding carboxylic acids is 1. The number of hydrogen-bond donors (Lipinski definition) is 0. The minimum Gasteiger partial charge on any atom is -0.495 e. The predicted octanol–water partition coefficient (Wildman–Crippen LogP) is 3.10. The molecule has 0 unspecified atom stereocenters. The largest absolute Gasteiger partial charge is 0.495 e. The molecule has 118 valence electrons. The van der Waals surface area contributed by atoms with Crippen molar-refractivity contribution in [2.24, 2.45) is 0 Å². The van der Waals surface area contributed by atoms with Crippen molar-refractivity contribution in [2.45, 2.75) is 32.4 Å². The predicted molar refractivity (Wildman–Crippen MR) is 88.7 cm³/mol. The molecule has 2 aliphatic heterocycles. The van der Waals surface area contributed by atoms with Crippen molar-refractivity contribution >= 4 is 23.2 Å². The van der Waals surface area contributed by atoms with E-state index in [1.54, 1.807) is 13.2 Å². The van der Waals surface area contributed by atoms with Crippen molar-refractivity contribution in [3.63, 3.8) is 0 Å². The number of hydrogen-bond acceptors (Lipinski definition) is 3. The standard InChI is InChI=1S/C17H21ClN2O2/c1-4-11(2)9-19-10-13-8-15(19)17(21)20(13)14-7-12(18)5-6-16(14)22-3/h4-7,13,15H,8-10H2,1-3H3/t13-,15-/m0/s1. The van der Waals surface area contributed by atoms with Crippen LogP contribution in [0.2, 0.25) is 5.02 Å². The molecule has 2 aliphatic rings. The molecule has 0 aromatic heterocycles. The molecule has 1 aromatic rings. The molecular formula is C17H21ClN2O2. The Balaban J connectivity index is 1.86. The highest BCUT2D eigenvalue weighted by atomic mass is 35.5. The van der Waals surface area contributed by atoms with Gasteiger partial charge in [-0.25, -0.2) is 0 Å². The molecule has 0 saturated carbocycles.